The first kappa shape index (κ1) is 26.5. The molecule has 190 valence electrons. The van der Waals surface area contributed by atoms with Crippen LogP contribution in [0.25, 0.3) is 0 Å². The number of likely N-dealkylation sites (N-methyl/N-ethyl adjacent to an activating group) is 1. The minimum absolute atomic E-state index is 0.102. The summed E-state index contributed by atoms with van der Waals surface area (Å²) in [5.41, 5.74) is 4.83. The highest BCUT2D eigenvalue weighted by molar-refractivity contribution is 5.89. The summed E-state index contributed by atoms with van der Waals surface area (Å²) in [5, 5.41) is 8.36. The van der Waals surface area contributed by atoms with Crippen molar-refractivity contribution in [1.29, 1.82) is 0 Å². The van der Waals surface area contributed by atoms with Crippen molar-refractivity contribution in [2.24, 2.45) is 0 Å². The Morgan fingerprint density at radius 2 is 1.86 bits per heavy atom. The summed E-state index contributed by atoms with van der Waals surface area (Å²) in [6.45, 7) is 0.215. The quantitative estimate of drug-likeness (QED) is 0.285. The van der Waals surface area contributed by atoms with E-state index in [1.807, 2.05) is 0 Å². The third-order valence-corrected chi connectivity index (χ3v) is 5.43. The number of rotatable bonds is 7. The van der Waals surface area contributed by atoms with E-state index >= 15 is 0 Å². The first-order chi connectivity index (χ1) is 17.1. The number of halogens is 4. The second-order valence-corrected chi connectivity index (χ2v) is 8.00. The zero-order valence-corrected chi connectivity index (χ0v) is 19.2. The van der Waals surface area contributed by atoms with Crippen molar-refractivity contribution in [2.75, 3.05) is 18.1 Å². The van der Waals surface area contributed by atoms with Crippen LogP contribution >= 0.6 is 0 Å². The molecule has 5 N–H and O–H groups in total. The highest BCUT2D eigenvalue weighted by atomic mass is 19.4. The fourth-order valence-corrected chi connectivity index (χ4v) is 3.16. The highest BCUT2D eigenvalue weighted by Crippen LogP contribution is 2.36. The second kappa shape index (κ2) is 11.1. The van der Waals surface area contributed by atoms with Gasteiger partial charge in [-0.25, -0.2) is 9.37 Å². The number of benzene rings is 1. The summed E-state index contributed by atoms with van der Waals surface area (Å²) < 4.78 is 52.3. The molecule has 1 fully saturated rings. The predicted octanol–water partition coefficient (Wildman–Crippen LogP) is 3.83. The fraction of sp³-hybridized carbons (Fsp3) is 0.250. The van der Waals surface area contributed by atoms with Gasteiger partial charge in [0, 0.05) is 11.8 Å². The summed E-state index contributed by atoms with van der Waals surface area (Å²) in [7, 11) is 1.73. The lowest BCUT2D eigenvalue weighted by atomic mass is 10.1. The molecule has 3 aromatic rings. The molecule has 8 nitrogen and oxygen atoms in total. The molecule has 1 aliphatic rings. The monoisotopic (exact) mass is 504 g/mol. The van der Waals surface area contributed by atoms with Crippen LogP contribution in [0.1, 0.15) is 34.5 Å². The van der Waals surface area contributed by atoms with Gasteiger partial charge in [-0.2, -0.15) is 13.2 Å². The van der Waals surface area contributed by atoms with Crippen LogP contribution in [0.3, 0.4) is 0 Å². The minimum Gasteiger partial charge on any atom is -0.384 e. The highest BCUT2D eigenvalue weighted by Gasteiger charge is 2.48. The summed E-state index contributed by atoms with van der Waals surface area (Å²) >= 11 is 0. The molecular weight excluding hydrogens is 480 g/mol. The molecule has 36 heavy (non-hydrogen) atoms. The molecule has 1 aromatic carbocycles. The largest absolute Gasteiger partial charge is 0.418 e. The Bertz CT molecular complexity index is 1200. The number of carbonyl (C=O) groups excluding carboxylic acids is 2. The van der Waals surface area contributed by atoms with Crippen molar-refractivity contribution in [3.63, 3.8) is 0 Å². The van der Waals surface area contributed by atoms with E-state index in [9.17, 15) is 27.2 Å². The van der Waals surface area contributed by atoms with Crippen LogP contribution in [0.2, 0.25) is 0 Å². The van der Waals surface area contributed by atoms with Gasteiger partial charge in [-0.15, -0.1) is 0 Å². The Hall–Kier alpha value is -4.06. The topological polar surface area (TPSA) is 122 Å². The van der Waals surface area contributed by atoms with Crippen molar-refractivity contribution in [2.45, 2.75) is 31.1 Å². The van der Waals surface area contributed by atoms with Gasteiger partial charge < -0.3 is 21.7 Å². The molecule has 0 aliphatic heterocycles. The molecule has 0 unspecified atom stereocenters. The Morgan fingerprint density at radius 3 is 2.39 bits per heavy atom. The molecule has 0 atom stereocenters. The summed E-state index contributed by atoms with van der Waals surface area (Å²) in [4.78, 5) is 29.9. The number of nitrogens with two attached hydrogens (primary N) is 1. The number of nitrogens with one attached hydrogen (secondary N) is 3. The van der Waals surface area contributed by atoms with Gasteiger partial charge in [0.1, 0.15) is 11.6 Å². The van der Waals surface area contributed by atoms with E-state index in [-0.39, 0.29) is 18.1 Å². The lowest BCUT2D eigenvalue weighted by Gasteiger charge is -2.15. The number of alkyl halides is 3. The van der Waals surface area contributed by atoms with Gasteiger partial charge in [0.15, 0.2) is 6.29 Å². The number of hydrogen-bond donors (Lipinski definition) is 4. The average Bonchev–Trinajstić information content (AvgIpc) is 3.66. The standard InChI is InChI=1S/C18H18F4N4O.C6H6N2O/c1-23-17(6-7-17)16(27)25-9-12-3-4-13(10-24-12)26-15-5-2-11(19)8-14(15)18(20,21)22;7-6-2-1-5(4-9)3-8-6/h2-5,8,10,23,26H,6-7,9H2,1H3,(H,25,27);1-4H,(H2,7,8). The first-order valence-electron chi connectivity index (χ1n) is 10.8. The average molecular weight is 504 g/mol. The van der Waals surface area contributed by atoms with Gasteiger partial charge in [0.25, 0.3) is 0 Å². The van der Waals surface area contributed by atoms with Crippen molar-refractivity contribution < 1.29 is 27.2 Å². The molecular formula is C24H24F4N6O2. The van der Waals surface area contributed by atoms with Gasteiger partial charge in [-0.1, -0.05) is 0 Å². The minimum atomic E-state index is -4.69. The number of carbonyl (C=O) groups is 2. The third kappa shape index (κ3) is 6.98. The number of nitrogens with zero attached hydrogens (tertiary/aromatic N) is 2. The van der Waals surface area contributed by atoms with E-state index in [0.717, 1.165) is 31.3 Å². The molecule has 2 heterocycles. The lowest BCUT2D eigenvalue weighted by molar-refractivity contribution is -0.137. The van der Waals surface area contributed by atoms with Gasteiger partial charge in [0.2, 0.25) is 5.91 Å². The van der Waals surface area contributed by atoms with E-state index < -0.39 is 23.1 Å². The van der Waals surface area contributed by atoms with Crippen LogP contribution in [0.4, 0.5) is 34.8 Å². The molecule has 0 saturated heterocycles. The van der Waals surface area contributed by atoms with Crippen molar-refractivity contribution in [3.8, 4) is 0 Å². The third-order valence-electron chi connectivity index (χ3n) is 5.43. The Kier molecular flexibility index (Phi) is 8.20. The Labute approximate surface area is 204 Å². The van der Waals surface area contributed by atoms with Crippen LogP contribution in [0.5, 0.6) is 0 Å². The molecule has 2 aromatic heterocycles. The van der Waals surface area contributed by atoms with Crippen molar-refractivity contribution in [3.05, 3.63) is 77.5 Å². The maximum atomic E-state index is 13.2. The van der Waals surface area contributed by atoms with E-state index in [1.54, 1.807) is 31.3 Å². The number of aldehydes is 1. The van der Waals surface area contributed by atoms with Crippen LogP contribution in [0, 0.1) is 5.82 Å². The molecule has 1 saturated carbocycles. The van der Waals surface area contributed by atoms with Crippen LogP contribution in [-0.4, -0.2) is 34.7 Å². The maximum Gasteiger partial charge on any atom is 0.418 e. The normalized spacial score (nSPS) is 13.7. The summed E-state index contributed by atoms with van der Waals surface area (Å²) in [6, 6.07) is 8.76. The number of aromatic nitrogens is 2. The van der Waals surface area contributed by atoms with Gasteiger partial charge in [-0.3, -0.25) is 14.6 Å². The summed E-state index contributed by atoms with van der Waals surface area (Å²) in [6.07, 6.45) is 0.397. The van der Waals surface area contributed by atoms with E-state index in [2.05, 4.69) is 25.9 Å². The van der Waals surface area contributed by atoms with E-state index in [0.29, 0.717) is 28.8 Å². The maximum absolute atomic E-state index is 13.2. The Balaban J connectivity index is 0.000000338. The zero-order valence-electron chi connectivity index (χ0n) is 19.2. The molecule has 4 rings (SSSR count). The van der Waals surface area contributed by atoms with Gasteiger partial charge in [0.05, 0.1) is 40.9 Å². The number of anilines is 3. The van der Waals surface area contributed by atoms with Gasteiger partial charge in [-0.05, 0) is 62.4 Å². The second-order valence-electron chi connectivity index (χ2n) is 8.00. The smallest absolute Gasteiger partial charge is 0.384 e. The molecule has 12 heteroatoms. The molecule has 1 amide bonds. The number of nitrogen functional groups attached to an aromatic ring is 1. The fourth-order valence-electron chi connectivity index (χ4n) is 3.16. The first-order valence-corrected chi connectivity index (χ1v) is 10.8. The number of amides is 1. The van der Waals surface area contributed by atoms with Crippen LogP contribution in [-0.2, 0) is 17.5 Å². The molecule has 1 aliphatic carbocycles. The van der Waals surface area contributed by atoms with E-state index in [1.165, 1.54) is 12.4 Å². The van der Waals surface area contributed by atoms with E-state index in [4.69, 9.17) is 5.73 Å². The number of hydrogen-bond acceptors (Lipinski definition) is 7. The van der Waals surface area contributed by atoms with Crippen molar-refractivity contribution in [1.82, 2.24) is 20.6 Å². The summed E-state index contributed by atoms with van der Waals surface area (Å²) in [5.74, 6) is -0.636. The predicted molar refractivity (Wildman–Crippen MR) is 126 cm³/mol. The van der Waals surface area contributed by atoms with Crippen molar-refractivity contribution >= 4 is 29.4 Å². The zero-order chi connectivity index (χ0) is 26.3. The van der Waals surface area contributed by atoms with Crippen LogP contribution < -0.4 is 21.7 Å². The molecule has 0 spiro atoms. The van der Waals surface area contributed by atoms with Crippen LogP contribution in [0.15, 0.2) is 54.9 Å². The van der Waals surface area contributed by atoms with Gasteiger partial charge >= 0.3 is 6.18 Å². The molecule has 0 radical (unpaired) electrons. The SMILES string of the molecule is CNC1(C(=O)NCc2ccc(Nc3ccc(F)cc3C(F)(F)F)cn2)CC1.Nc1ccc(C=O)cn1. The number of pyridine rings is 2. The Morgan fingerprint density at radius 1 is 1.11 bits per heavy atom. The lowest BCUT2D eigenvalue weighted by Crippen LogP contribution is -2.44. The molecule has 0 bridgehead atoms.